The minimum Gasteiger partial charge on any atom is -0.398 e. The second kappa shape index (κ2) is 15.5. The number of hydrogen-bond donors (Lipinski definition) is 1. The van der Waals surface area contributed by atoms with Gasteiger partial charge in [0.05, 0.1) is 17.4 Å². The minimum atomic E-state index is -2.77. The van der Waals surface area contributed by atoms with E-state index in [1.54, 1.807) is 0 Å². The van der Waals surface area contributed by atoms with E-state index in [2.05, 4.69) is 79.6 Å². The number of halogens is 7. The summed E-state index contributed by atoms with van der Waals surface area (Å²) in [7, 11) is 1.44. The van der Waals surface area contributed by atoms with Gasteiger partial charge in [-0.3, -0.25) is 14.3 Å². The lowest BCUT2D eigenvalue weighted by atomic mass is 9.93. The van der Waals surface area contributed by atoms with Gasteiger partial charge in [0.1, 0.15) is 14.7 Å². The Bertz CT molecular complexity index is 2310. The van der Waals surface area contributed by atoms with Gasteiger partial charge < -0.3 is 5.73 Å². The number of nitrogens with zero attached hydrogens (tertiary/aromatic N) is 2. The van der Waals surface area contributed by atoms with Crippen molar-refractivity contribution in [2.75, 3.05) is 5.73 Å². The molecule has 12 heteroatoms. The van der Waals surface area contributed by atoms with Gasteiger partial charge in [-0.05, 0) is 87.2 Å². The Morgan fingerprint density at radius 2 is 1.11 bits per heavy atom. The Hall–Kier alpha value is -3.98. The van der Waals surface area contributed by atoms with E-state index in [1.165, 1.54) is 51.6 Å². The summed E-state index contributed by atoms with van der Waals surface area (Å²) in [5, 5.41) is 2.47. The summed E-state index contributed by atoms with van der Waals surface area (Å²) in [5.74, 6) is 1.56. The Kier molecular flexibility index (Phi) is 11.1. The normalized spacial score (nSPS) is 23.1. The number of ketones is 1. The van der Waals surface area contributed by atoms with Crippen LogP contribution in [0.1, 0.15) is 102 Å². The first-order valence-electron chi connectivity index (χ1n) is 17.5. The van der Waals surface area contributed by atoms with E-state index >= 15 is 0 Å². The molecule has 1 aromatic heterocycles. The van der Waals surface area contributed by atoms with Gasteiger partial charge in [0.25, 0.3) is 11.7 Å². The number of allylic oxidation sites excluding steroid dienone is 8. The summed E-state index contributed by atoms with van der Waals surface area (Å²) in [4.78, 5) is 22.3. The van der Waals surface area contributed by atoms with Gasteiger partial charge in [0.15, 0.2) is 5.78 Å². The third-order valence-corrected chi connectivity index (χ3v) is 12.1. The van der Waals surface area contributed by atoms with Gasteiger partial charge in [-0.1, -0.05) is 131 Å². The zero-order chi connectivity index (χ0) is 39.5. The van der Waals surface area contributed by atoms with Crippen molar-refractivity contribution in [3.05, 3.63) is 173 Å². The van der Waals surface area contributed by atoms with Crippen LogP contribution in [0, 0.1) is 13.8 Å². The van der Waals surface area contributed by atoms with E-state index < -0.39 is 17.4 Å². The molecule has 6 aliphatic rings. The SMILES string of the molecule is Cc1cccc2c1C1C=CC2C1=C(Cl)Cl.Cc1cccc2c1C1C=CC2C1=O.Cn1cc(C(=O)Cl)c(C(F)F)n1.Nc1cccc2c1C1C=CC2C1=C(Cl)Cl. The summed E-state index contributed by atoms with van der Waals surface area (Å²) in [6.45, 7) is 4.23. The first kappa shape index (κ1) is 39.3. The molecular weight excluding hydrogens is 806 g/mol. The Labute approximate surface area is 342 Å². The predicted molar refractivity (Wildman–Crippen MR) is 218 cm³/mol. The standard InChI is InChI=1S/C13H10Cl2.C12H9Cl2N.C12H10O.C6H5ClF2N2O/c1-7-3-2-4-8-9-5-6-10(11(7)8)12(9)13(14)15;13-12(14)11-7-4-5-8(11)10-6(7)2-1-3-9(10)15;1-7-3-2-4-8-9-5-6-10(11(7)8)12(9)13;1-11-2-3(5(7)12)4(10-11)6(8)9/h2-6,9-10H,1H3;1-5,7-8H,15H2;2-6,9-10H,1H3;2,6H,1H3. The maximum Gasteiger partial charge on any atom is 0.282 e. The fourth-order valence-electron chi connectivity index (χ4n) is 8.71. The molecule has 0 saturated heterocycles. The van der Waals surface area contributed by atoms with E-state index in [4.69, 9.17) is 63.7 Å². The predicted octanol–water partition coefficient (Wildman–Crippen LogP) is 12.2. The highest BCUT2D eigenvalue weighted by Gasteiger charge is 2.42. The van der Waals surface area contributed by atoms with Gasteiger partial charge in [0.2, 0.25) is 0 Å². The molecule has 10 rings (SSSR count). The molecule has 0 fully saturated rings. The molecule has 55 heavy (non-hydrogen) atoms. The van der Waals surface area contributed by atoms with Crippen LogP contribution in [0.5, 0.6) is 0 Å². The van der Waals surface area contributed by atoms with Crippen molar-refractivity contribution >= 4 is 74.7 Å². The quantitative estimate of drug-likeness (QED) is 0.124. The van der Waals surface area contributed by atoms with E-state index in [1.807, 2.05) is 30.4 Å². The number of carbonyl (C=O) groups is 2. The number of fused-ring (bicyclic) bond motifs is 15. The molecule has 4 aromatic rings. The van der Waals surface area contributed by atoms with Crippen LogP contribution in [0.4, 0.5) is 14.5 Å². The van der Waals surface area contributed by atoms with E-state index in [0.717, 1.165) is 27.7 Å². The second-order valence-electron chi connectivity index (χ2n) is 14.0. The highest BCUT2D eigenvalue weighted by Crippen LogP contribution is 2.57. The molecule has 6 atom stereocenters. The molecule has 0 spiro atoms. The molecule has 2 N–H and O–H groups in total. The highest BCUT2D eigenvalue weighted by atomic mass is 35.5. The molecule has 5 nitrogen and oxygen atoms in total. The summed E-state index contributed by atoms with van der Waals surface area (Å²) in [6, 6.07) is 18.6. The van der Waals surface area contributed by atoms with E-state index in [0.29, 0.717) is 26.6 Å². The Morgan fingerprint density at radius 3 is 1.56 bits per heavy atom. The van der Waals surface area contributed by atoms with Crippen molar-refractivity contribution in [2.24, 2.45) is 7.05 Å². The number of hydrogen-bond acceptors (Lipinski definition) is 4. The first-order chi connectivity index (χ1) is 26.2. The average molecular weight is 840 g/mol. The van der Waals surface area contributed by atoms with E-state index in [9.17, 15) is 18.4 Å². The molecular formula is C43H34Cl5F2N3O2. The van der Waals surface area contributed by atoms with Crippen molar-refractivity contribution in [1.29, 1.82) is 0 Å². The fraction of sp³-hybridized carbons (Fsp3) is 0.233. The van der Waals surface area contributed by atoms with Crippen LogP contribution in [0.25, 0.3) is 0 Å². The number of benzene rings is 3. The van der Waals surface area contributed by atoms with Crippen LogP contribution in [0.3, 0.4) is 0 Å². The van der Waals surface area contributed by atoms with Crippen LogP contribution in [0.15, 0.2) is 117 Å². The topological polar surface area (TPSA) is 78.0 Å². The number of aryl methyl sites for hydroxylation is 3. The van der Waals surface area contributed by atoms with Crippen molar-refractivity contribution < 1.29 is 18.4 Å². The fourth-order valence-corrected chi connectivity index (χ4v) is 9.80. The van der Waals surface area contributed by atoms with Gasteiger partial charge in [-0.2, -0.15) is 5.10 Å². The number of alkyl halides is 2. The van der Waals surface area contributed by atoms with Crippen LogP contribution >= 0.6 is 58.0 Å². The minimum absolute atomic E-state index is 0.0694. The number of rotatable bonds is 2. The average Bonchev–Trinajstić information content (AvgIpc) is 4.01. The van der Waals surface area contributed by atoms with Gasteiger partial charge in [-0.15, -0.1) is 0 Å². The van der Waals surface area contributed by atoms with Crippen LogP contribution in [-0.4, -0.2) is 20.8 Å². The van der Waals surface area contributed by atoms with Gasteiger partial charge >= 0.3 is 0 Å². The number of nitrogen functional groups attached to an aromatic ring is 1. The summed E-state index contributed by atoms with van der Waals surface area (Å²) in [5.41, 5.74) is 18.5. The second-order valence-corrected chi connectivity index (χ2v) is 16.3. The largest absolute Gasteiger partial charge is 0.398 e. The maximum atomic E-state index is 12.1. The molecule has 6 bridgehead atoms. The molecule has 282 valence electrons. The molecule has 0 saturated carbocycles. The van der Waals surface area contributed by atoms with Crippen molar-refractivity contribution in [3.8, 4) is 0 Å². The summed E-state index contributed by atoms with van der Waals surface area (Å²) < 4.78 is 26.2. The van der Waals surface area contributed by atoms with Crippen LogP contribution in [0.2, 0.25) is 0 Å². The Balaban J connectivity index is 0.000000113. The molecule has 3 aromatic carbocycles. The van der Waals surface area contributed by atoms with Gasteiger partial charge in [-0.25, -0.2) is 8.78 Å². The summed E-state index contributed by atoms with van der Waals surface area (Å²) >= 11 is 28.8. The maximum absolute atomic E-state index is 12.1. The lowest BCUT2D eigenvalue weighted by Gasteiger charge is -2.11. The number of Topliss-reactive ketones (excluding diaryl/α,β-unsaturated/α-hetero) is 1. The monoisotopic (exact) mass is 837 g/mol. The lowest BCUT2D eigenvalue weighted by Crippen LogP contribution is -2.00. The third-order valence-electron chi connectivity index (χ3n) is 11.0. The summed E-state index contributed by atoms with van der Waals surface area (Å²) in [6.07, 6.45) is 11.2. The third kappa shape index (κ3) is 6.93. The number of nitrogens with two attached hydrogens (primary N) is 1. The molecule has 1 heterocycles. The molecule has 0 aliphatic heterocycles. The molecule has 6 aliphatic carbocycles. The zero-order valence-corrected chi connectivity index (χ0v) is 33.5. The zero-order valence-electron chi connectivity index (χ0n) is 29.7. The van der Waals surface area contributed by atoms with Crippen LogP contribution in [-0.2, 0) is 11.8 Å². The van der Waals surface area contributed by atoms with Gasteiger partial charge in [0, 0.05) is 42.6 Å². The Morgan fingerprint density at radius 1 is 0.673 bits per heavy atom. The smallest absolute Gasteiger partial charge is 0.282 e. The number of aromatic nitrogens is 2. The highest BCUT2D eigenvalue weighted by molar-refractivity contribution is 6.67. The van der Waals surface area contributed by atoms with Crippen molar-refractivity contribution in [2.45, 2.75) is 55.8 Å². The molecule has 6 unspecified atom stereocenters. The van der Waals surface area contributed by atoms with E-state index in [-0.39, 0.29) is 29.2 Å². The van der Waals surface area contributed by atoms with Crippen LogP contribution < -0.4 is 5.73 Å². The van der Waals surface area contributed by atoms with Crippen molar-refractivity contribution in [3.63, 3.8) is 0 Å². The molecule has 0 amide bonds. The van der Waals surface area contributed by atoms with Crippen molar-refractivity contribution in [1.82, 2.24) is 9.78 Å². The molecule has 0 radical (unpaired) electrons. The first-order valence-corrected chi connectivity index (χ1v) is 19.4. The number of anilines is 1. The number of carbonyl (C=O) groups excluding carboxylic acids is 2. The lowest BCUT2D eigenvalue weighted by molar-refractivity contribution is -0.118.